The molecule has 0 spiro atoms. The number of aromatic nitrogens is 7. The van der Waals surface area contributed by atoms with Gasteiger partial charge in [0.2, 0.25) is 5.95 Å². The van der Waals surface area contributed by atoms with E-state index in [4.69, 9.17) is 9.47 Å². The molecule has 14 heteroatoms. The predicted octanol–water partition coefficient (Wildman–Crippen LogP) is 2.52. The standard InChI is InChI=1S/C23H23FN10O3/c1-23(4-5-23)30-22(35)37-16-11-36-19(18(16)24)14-7-17(32-31-14)29-21-26-9-13(15-3-6-27-33(15)2)20-28-12(8-25)10-34(20)21/h3,6-7,9-10,16,18-19H,4-5,11H2,1-2H3,(H,30,35)(H2,26,29,31,32)/t16-,18+,19-/m0/s1. The Morgan fingerprint density at radius 2 is 2.27 bits per heavy atom. The molecule has 190 valence electrons. The van der Waals surface area contributed by atoms with Crippen molar-refractivity contribution in [2.45, 2.75) is 43.7 Å². The number of anilines is 2. The highest BCUT2D eigenvalue weighted by Crippen LogP contribution is 2.36. The molecule has 13 nitrogen and oxygen atoms in total. The molecule has 0 unspecified atom stereocenters. The second-order valence-corrected chi connectivity index (χ2v) is 9.43. The fourth-order valence-electron chi connectivity index (χ4n) is 4.27. The van der Waals surface area contributed by atoms with Gasteiger partial charge < -0.3 is 20.1 Å². The van der Waals surface area contributed by atoms with E-state index in [9.17, 15) is 10.1 Å². The topological polar surface area (TPSA) is 160 Å². The lowest BCUT2D eigenvalue weighted by Crippen LogP contribution is -2.39. The van der Waals surface area contributed by atoms with Crippen LogP contribution in [0, 0.1) is 11.3 Å². The van der Waals surface area contributed by atoms with Crippen molar-refractivity contribution in [3.63, 3.8) is 0 Å². The molecule has 0 aromatic carbocycles. The first-order chi connectivity index (χ1) is 17.8. The third kappa shape index (κ3) is 4.23. The molecule has 2 aliphatic rings. The molecule has 3 atom stereocenters. The van der Waals surface area contributed by atoms with Gasteiger partial charge >= 0.3 is 6.09 Å². The lowest BCUT2D eigenvalue weighted by Gasteiger charge is -2.17. The van der Waals surface area contributed by atoms with Crippen molar-refractivity contribution >= 4 is 23.5 Å². The second-order valence-electron chi connectivity index (χ2n) is 9.43. The van der Waals surface area contributed by atoms with Gasteiger partial charge in [-0.25, -0.2) is 19.2 Å². The van der Waals surface area contributed by atoms with Gasteiger partial charge in [0.15, 0.2) is 29.4 Å². The van der Waals surface area contributed by atoms with Crippen LogP contribution in [0.25, 0.3) is 16.9 Å². The summed E-state index contributed by atoms with van der Waals surface area (Å²) in [7, 11) is 1.80. The summed E-state index contributed by atoms with van der Waals surface area (Å²) in [5.74, 6) is 0.701. The van der Waals surface area contributed by atoms with Gasteiger partial charge in [-0.05, 0) is 25.8 Å². The Morgan fingerprint density at radius 1 is 1.43 bits per heavy atom. The van der Waals surface area contributed by atoms with E-state index in [1.165, 1.54) is 0 Å². The summed E-state index contributed by atoms with van der Waals surface area (Å²) in [6.07, 6.45) is 2.38. The molecule has 37 heavy (non-hydrogen) atoms. The minimum absolute atomic E-state index is 0.0681. The van der Waals surface area contributed by atoms with Crippen molar-refractivity contribution in [3.8, 4) is 17.3 Å². The molecule has 4 aromatic rings. The van der Waals surface area contributed by atoms with Gasteiger partial charge in [0.25, 0.3) is 0 Å². The molecule has 1 aliphatic heterocycles. The molecule has 3 N–H and O–H groups in total. The lowest BCUT2D eigenvalue weighted by atomic mass is 10.1. The number of nitrogens with one attached hydrogen (secondary N) is 3. The number of aryl methyl sites for hydroxylation is 1. The Kier molecular flexibility index (Phi) is 5.30. The molecule has 1 saturated carbocycles. The van der Waals surface area contributed by atoms with Gasteiger partial charge in [0.05, 0.1) is 29.8 Å². The maximum atomic E-state index is 15.1. The second kappa shape index (κ2) is 8.56. The third-order valence-corrected chi connectivity index (χ3v) is 6.59. The molecule has 1 amide bonds. The fraction of sp³-hybridized carbons (Fsp3) is 0.391. The summed E-state index contributed by atoms with van der Waals surface area (Å²) in [6.45, 7) is 1.84. The number of hydrogen-bond donors (Lipinski definition) is 3. The number of aromatic amines is 1. The predicted molar refractivity (Wildman–Crippen MR) is 126 cm³/mol. The summed E-state index contributed by atoms with van der Waals surface area (Å²) in [5.41, 5.74) is 2.32. The first-order valence-corrected chi connectivity index (χ1v) is 11.7. The number of carbonyl (C=O) groups is 1. The highest BCUT2D eigenvalue weighted by molar-refractivity contribution is 5.77. The number of halogens is 1. The van der Waals surface area contributed by atoms with Gasteiger partial charge in [-0.1, -0.05) is 0 Å². The minimum atomic E-state index is -1.57. The number of ether oxygens (including phenoxy) is 2. The number of H-pyrrole nitrogens is 1. The number of nitrogens with zero attached hydrogens (tertiary/aromatic N) is 7. The third-order valence-electron chi connectivity index (χ3n) is 6.59. The Morgan fingerprint density at radius 3 is 3.00 bits per heavy atom. The Labute approximate surface area is 209 Å². The van der Waals surface area contributed by atoms with Gasteiger partial charge in [0, 0.05) is 31.0 Å². The van der Waals surface area contributed by atoms with Crippen molar-refractivity contribution in [1.29, 1.82) is 5.26 Å². The molecule has 5 heterocycles. The molecule has 6 rings (SSSR count). The maximum absolute atomic E-state index is 15.1. The van der Waals surface area contributed by atoms with Gasteiger partial charge in [-0.3, -0.25) is 14.2 Å². The van der Waals surface area contributed by atoms with Crippen LogP contribution in [-0.2, 0) is 16.5 Å². The summed E-state index contributed by atoms with van der Waals surface area (Å²) < 4.78 is 29.2. The average Bonchev–Trinajstić information content (AvgIpc) is 3.35. The zero-order valence-corrected chi connectivity index (χ0v) is 20.0. The largest absolute Gasteiger partial charge is 0.441 e. The summed E-state index contributed by atoms with van der Waals surface area (Å²) in [4.78, 5) is 21.0. The smallest absolute Gasteiger partial charge is 0.408 e. The van der Waals surface area contributed by atoms with E-state index in [-0.39, 0.29) is 17.8 Å². The zero-order chi connectivity index (χ0) is 25.7. The quantitative estimate of drug-likeness (QED) is 0.357. The number of nitriles is 1. The molecular formula is C23H23FN10O3. The van der Waals surface area contributed by atoms with Crippen LogP contribution in [0.15, 0.2) is 30.7 Å². The zero-order valence-electron chi connectivity index (χ0n) is 20.0. The number of amides is 1. The van der Waals surface area contributed by atoms with Crippen LogP contribution in [0.2, 0.25) is 0 Å². The molecule has 1 saturated heterocycles. The average molecular weight is 507 g/mol. The van der Waals surface area contributed by atoms with E-state index in [2.05, 4.69) is 35.9 Å². The number of imidazole rings is 1. The Bertz CT molecular complexity index is 1530. The van der Waals surface area contributed by atoms with Crippen molar-refractivity contribution in [2.75, 3.05) is 11.9 Å². The van der Waals surface area contributed by atoms with Crippen molar-refractivity contribution in [1.82, 2.24) is 39.7 Å². The molecule has 2 fully saturated rings. The molecule has 1 aliphatic carbocycles. The molecule has 4 aromatic heterocycles. The Balaban J connectivity index is 1.20. The van der Waals surface area contributed by atoms with E-state index >= 15 is 4.39 Å². The molecular weight excluding hydrogens is 483 g/mol. The van der Waals surface area contributed by atoms with E-state index in [1.54, 1.807) is 40.8 Å². The van der Waals surface area contributed by atoms with Crippen molar-refractivity contribution in [2.24, 2.45) is 7.05 Å². The maximum Gasteiger partial charge on any atom is 0.408 e. The van der Waals surface area contributed by atoms with Crippen LogP contribution in [0.5, 0.6) is 0 Å². The van der Waals surface area contributed by atoms with Gasteiger partial charge in [-0.15, -0.1) is 0 Å². The molecule has 0 radical (unpaired) electrons. The van der Waals surface area contributed by atoms with Crippen molar-refractivity contribution < 1.29 is 18.7 Å². The van der Waals surface area contributed by atoms with Crippen LogP contribution < -0.4 is 10.6 Å². The van der Waals surface area contributed by atoms with E-state index in [0.29, 0.717) is 28.7 Å². The number of hydrogen-bond acceptors (Lipinski definition) is 9. The summed E-state index contributed by atoms with van der Waals surface area (Å²) in [6, 6.07) is 5.46. The Hall–Kier alpha value is -4.51. The van der Waals surface area contributed by atoms with Crippen LogP contribution >= 0.6 is 0 Å². The first-order valence-electron chi connectivity index (χ1n) is 11.7. The highest BCUT2D eigenvalue weighted by Gasteiger charge is 2.44. The lowest BCUT2D eigenvalue weighted by molar-refractivity contribution is 0.0604. The minimum Gasteiger partial charge on any atom is -0.441 e. The SMILES string of the molecule is Cn1nccc1-c1cnc(Nc2cc([C@@H]3OC[C@H](OC(=O)NC4(C)CC4)[C@H]3F)[nH]n2)n2cc(C#N)nc12. The van der Waals surface area contributed by atoms with Gasteiger partial charge in [0.1, 0.15) is 12.2 Å². The fourth-order valence-corrected chi connectivity index (χ4v) is 4.27. The summed E-state index contributed by atoms with van der Waals surface area (Å²) >= 11 is 0. The number of fused-ring (bicyclic) bond motifs is 1. The van der Waals surface area contributed by atoms with E-state index < -0.39 is 24.5 Å². The molecule has 0 bridgehead atoms. The monoisotopic (exact) mass is 506 g/mol. The highest BCUT2D eigenvalue weighted by atomic mass is 19.1. The van der Waals surface area contributed by atoms with E-state index in [1.807, 2.05) is 19.1 Å². The van der Waals surface area contributed by atoms with E-state index in [0.717, 1.165) is 18.5 Å². The number of carbonyl (C=O) groups excluding carboxylic acids is 1. The van der Waals surface area contributed by atoms with Crippen LogP contribution in [0.3, 0.4) is 0 Å². The summed E-state index contributed by atoms with van der Waals surface area (Å²) in [5, 5.41) is 26.4. The normalized spacial score (nSPS) is 22.1. The number of alkyl halides is 1. The van der Waals surface area contributed by atoms with Gasteiger partial charge in [-0.2, -0.15) is 15.5 Å². The number of rotatable bonds is 6. The van der Waals surface area contributed by atoms with Crippen LogP contribution in [0.1, 0.15) is 37.3 Å². The van der Waals surface area contributed by atoms with Crippen molar-refractivity contribution in [3.05, 3.63) is 42.1 Å². The number of alkyl carbamates (subject to hydrolysis) is 1. The van der Waals surface area contributed by atoms with Crippen LogP contribution in [0.4, 0.5) is 21.0 Å². The van der Waals surface area contributed by atoms with Crippen LogP contribution in [-0.4, -0.2) is 64.9 Å². The first kappa shape index (κ1) is 22.9.